The Balaban J connectivity index is 2.24. The Kier molecular flexibility index (Phi) is 5.87. The Morgan fingerprint density at radius 2 is 1.59 bits per heavy atom. The maximum atomic E-state index is 3.46. The molecular formula is C19H33N3. The Labute approximate surface area is 136 Å². The van der Waals surface area contributed by atoms with Crippen LogP contribution in [0.2, 0.25) is 0 Å². The van der Waals surface area contributed by atoms with E-state index in [1.54, 1.807) is 0 Å². The minimum Gasteiger partial charge on any atom is -0.372 e. The van der Waals surface area contributed by atoms with Crippen LogP contribution in [0.5, 0.6) is 0 Å². The van der Waals surface area contributed by atoms with Crippen molar-refractivity contribution in [2.45, 2.75) is 40.7 Å². The van der Waals surface area contributed by atoms with Crippen LogP contribution in [0.4, 0.5) is 5.69 Å². The molecule has 1 N–H and O–H groups in total. The van der Waals surface area contributed by atoms with Crippen LogP contribution in [0.25, 0.3) is 0 Å². The normalized spacial score (nSPS) is 18.2. The molecule has 1 fully saturated rings. The number of nitrogens with zero attached hydrogens (tertiary/aromatic N) is 2. The predicted octanol–water partition coefficient (Wildman–Crippen LogP) is 3.53. The zero-order valence-corrected chi connectivity index (χ0v) is 15.0. The lowest BCUT2D eigenvalue weighted by Gasteiger charge is -2.42. The summed E-state index contributed by atoms with van der Waals surface area (Å²) in [6.07, 6.45) is 0. The number of benzene rings is 1. The largest absolute Gasteiger partial charge is 0.372 e. The third kappa shape index (κ3) is 4.02. The van der Waals surface area contributed by atoms with E-state index in [9.17, 15) is 0 Å². The van der Waals surface area contributed by atoms with Gasteiger partial charge in [-0.15, -0.1) is 0 Å². The molecule has 0 spiro atoms. The van der Waals surface area contributed by atoms with Gasteiger partial charge in [-0.1, -0.05) is 32.9 Å². The van der Waals surface area contributed by atoms with Gasteiger partial charge in [0.2, 0.25) is 0 Å². The minimum atomic E-state index is 0.244. The molecule has 0 bridgehead atoms. The molecule has 124 valence electrons. The van der Waals surface area contributed by atoms with Crippen LogP contribution in [0.1, 0.15) is 46.2 Å². The summed E-state index contributed by atoms with van der Waals surface area (Å²) in [5.41, 5.74) is 3.03. The van der Waals surface area contributed by atoms with E-state index in [1.165, 1.54) is 11.3 Å². The van der Waals surface area contributed by atoms with Gasteiger partial charge in [-0.05, 0) is 37.0 Å². The van der Waals surface area contributed by atoms with Crippen molar-refractivity contribution in [2.75, 3.05) is 44.2 Å². The van der Waals surface area contributed by atoms with Crippen LogP contribution >= 0.6 is 0 Å². The molecule has 1 atom stereocenters. The summed E-state index contributed by atoms with van der Waals surface area (Å²) >= 11 is 0. The third-order valence-electron chi connectivity index (χ3n) is 4.67. The molecule has 1 aromatic rings. The molecular weight excluding hydrogens is 270 g/mol. The van der Waals surface area contributed by atoms with Gasteiger partial charge in [0.25, 0.3) is 0 Å². The van der Waals surface area contributed by atoms with Gasteiger partial charge in [-0.2, -0.15) is 0 Å². The van der Waals surface area contributed by atoms with Gasteiger partial charge in [0, 0.05) is 51.0 Å². The van der Waals surface area contributed by atoms with E-state index in [-0.39, 0.29) is 5.41 Å². The van der Waals surface area contributed by atoms with Gasteiger partial charge in [-0.25, -0.2) is 0 Å². The molecule has 1 saturated heterocycles. The quantitative estimate of drug-likeness (QED) is 0.898. The van der Waals surface area contributed by atoms with Gasteiger partial charge in [-0.3, -0.25) is 4.90 Å². The maximum absolute atomic E-state index is 3.46. The summed E-state index contributed by atoms with van der Waals surface area (Å²) in [6, 6.07) is 9.75. The van der Waals surface area contributed by atoms with Crippen molar-refractivity contribution in [3.63, 3.8) is 0 Å². The highest BCUT2D eigenvalue weighted by molar-refractivity contribution is 5.48. The average molecular weight is 303 g/mol. The van der Waals surface area contributed by atoms with E-state index in [4.69, 9.17) is 0 Å². The fraction of sp³-hybridized carbons (Fsp3) is 0.684. The number of hydrogen-bond donors (Lipinski definition) is 1. The molecule has 0 saturated carbocycles. The van der Waals surface area contributed by atoms with E-state index in [0.29, 0.717) is 6.04 Å². The Morgan fingerprint density at radius 1 is 1.05 bits per heavy atom. The SMILES string of the molecule is CCN(CC)c1ccc([C@H](N2CCNCC2)C(C)(C)C)cc1. The van der Waals surface area contributed by atoms with Crippen molar-refractivity contribution in [3.05, 3.63) is 29.8 Å². The van der Waals surface area contributed by atoms with Crippen molar-refractivity contribution in [2.24, 2.45) is 5.41 Å². The fourth-order valence-electron chi connectivity index (χ4n) is 3.66. The second-order valence-corrected chi connectivity index (χ2v) is 7.32. The highest BCUT2D eigenvalue weighted by Crippen LogP contribution is 2.38. The van der Waals surface area contributed by atoms with Gasteiger partial charge >= 0.3 is 0 Å². The molecule has 0 radical (unpaired) electrons. The number of rotatable bonds is 5. The highest BCUT2D eigenvalue weighted by Gasteiger charge is 2.32. The summed E-state index contributed by atoms with van der Waals surface area (Å²) in [5.74, 6) is 0. The second kappa shape index (κ2) is 7.47. The predicted molar refractivity (Wildman–Crippen MR) is 96.6 cm³/mol. The van der Waals surface area contributed by atoms with E-state index >= 15 is 0 Å². The number of hydrogen-bond acceptors (Lipinski definition) is 3. The van der Waals surface area contributed by atoms with Crippen LogP contribution in [0, 0.1) is 5.41 Å². The molecule has 3 nitrogen and oxygen atoms in total. The van der Waals surface area contributed by atoms with Crippen LogP contribution in [0.3, 0.4) is 0 Å². The first-order valence-electron chi connectivity index (χ1n) is 8.77. The summed E-state index contributed by atoms with van der Waals surface area (Å²) in [6.45, 7) is 18.1. The number of piperazine rings is 1. The molecule has 2 rings (SSSR count). The monoisotopic (exact) mass is 303 g/mol. The number of anilines is 1. The molecule has 1 aromatic carbocycles. The molecule has 0 aromatic heterocycles. The average Bonchev–Trinajstić information content (AvgIpc) is 2.50. The van der Waals surface area contributed by atoms with Crippen molar-refractivity contribution < 1.29 is 0 Å². The first-order valence-corrected chi connectivity index (χ1v) is 8.77. The lowest BCUT2D eigenvalue weighted by molar-refractivity contribution is 0.0862. The molecule has 1 aliphatic rings. The molecule has 0 aliphatic carbocycles. The first-order chi connectivity index (χ1) is 10.5. The molecule has 1 aliphatic heterocycles. The van der Waals surface area contributed by atoms with Gasteiger partial charge < -0.3 is 10.2 Å². The van der Waals surface area contributed by atoms with E-state index < -0.39 is 0 Å². The number of nitrogens with one attached hydrogen (secondary N) is 1. The second-order valence-electron chi connectivity index (χ2n) is 7.32. The van der Waals surface area contributed by atoms with Crippen molar-refractivity contribution in [1.29, 1.82) is 0 Å². The van der Waals surface area contributed by atoms with Crippen LogP contribution in [-0.2, 0) is 0 Å². The topological polar surface area (TPSA) is 18.5 Å². The molecule has 1 heterocycles. The maximum Gasteiger partial charge on any atom is 0.0397 e. The minimum absolute atomic E-state index is 0.244. The molecule has 0 amide bonds. The highest BCUT2D eigenvalue weighted by atomic mass is 15.2. The van der Waals surface area contributed by atoms with Crippen LogP contribution < -0.4 is 10.2 Å². The van der Waals surface area contributed by atoms with Gasteiger partial charge in [0.15, 0.2) is 0 Å². The standard InChI is InChI=1S/C19H33N3/c1-6-21(7-2)17-10-8-16(9-11-17)18(19(3,4)5)22-14-12-20-13-15-22/h8-11,18,20H,6-7,12-15H2,1-5H3/t18-/m0/s1. The van der Waals surface area contributed by atoms with Crippen molar-refractivity contribution >= 4 is 5.69 Å². The molecule has 22 heavy (non-hydrogen) atoms. The van der Waals surface area contributed by atoms with E-state index in [0.717, 1.165) is 39.3 Å². The smallest absolute Gasteiger partial charge is 0.0397 e. The van der Waals surface area contributed by atoms with Crippen molar-refractivity contribution in [1.82, 2.24) is 10.2 Å². The zero-order chi connectivity index (χ0) is 16.2. The van der Waals surface area contributed by atoms with Crippen LogP contribution in [0.15, 0.2) is 24.3 Å². The molecule has 3 heteroatoms. The van der Waals surface area contributed by atoms with E-state index in [1.807, 2.05) is 0 Å². The van der Waals surface area contributed by atoms with Gasteiger partial charge in [0.05, 0.1) is 0 Å². The summed E-state index contributed by atoms with van der Waals surface area (Å²) in [5, 5.41) is 3.46. The fourth-order valence-corrected chi connectivity index (χ4v) is 3.66. The van der Waals surface area contributed by atoms with Gasteiger partial charge in [0.1, 0.15) is 0 Å². The summed E-state index contributed by atoms with van der Waals surface area (Å²) < 4.78 is 0. The lowest BCUT2D eigenvalue weighted by atomic mass is 9.81. The van der Waals surface area contributed by atoms with Crippen molar-refractivity contribution in [3.8, 4) is 0 Å². The zero-order valence-electron chi connectivity index (χ0n) is 15.0. The Hall–Kier alpha value is -1.06. The van der Waals surface area contributed by atoms with Crippen LogP contribution in [-0.4, -0.2) is 44.2 Å². The van der Waals surface area contributed by atoms with E-state index in [2.05, 4.69) is 74.0 Å². The summed E-state index contributed by atoms with van der Waals surface area (Å²) in [7, 11) is 0. The first kappa shape index (κ1) is 17.3. The summed E-state index contributed by atoms with van der Waals surface area (Å²) in [4.78, 5) is 5.05. The Morgan fingerprint density at radius 3 is 2.05 bits per heavy atom. The Bertz CT molecular complexity index is 437. The lowest BCUT2D eigenvalue weighted by Crippen LogP contribution is -2.48. The third-order valence-corrected chi connectivity index (χ3v) is 4.67. The molecule has 0 unspecified atom stereocenters.